The van der Waals surface area contributed by atoms with Crippen LogP contribution in [0.1, 0.15) is 15.9 Å². The van der Waals surface area contributed by atoms with E-state index in [0.717, 1.165) is 33.8 Å². The minimum Gasteiger partial charge on any atom is -0.494 e. The number of nitrogens with zero attached hydrogens (tertiary/aromatic N) is 1. The highest BCUT2D eigenvalue weighted by atomic mass is 32.2. The molecule has 4 aromatic rings. The van der Waals surface area contributed by atoms with Gasteiger partial charge in [0, 0.05) is 23.9 Å². The zero-order valence-electron chi connectivity index (χ0n) is 18.7. The molecule has 170 valence electrons. The van der Waals surface area contributed by atoms with E-state index in [1.165, 1.54) is 7.11 Å². The van der Waals surface area contributed by atoms with Crippen LogP contribution in [0.25, 0.3) is 21.8 Å². The van der Waals surface area contributed by atoms with Crippen molar-refractivity contribution in [2.45, 2.75) is 6.92 Å². The summed E-state index contributed by atoms with van der Waals surface area (Å²) in [4.78, 5) is 17.4. The standard InChI is InChI=1S/C24H24N4O4S/c1-14-7-5-8-16-21(14)27-23-17(9-6-10-18(23)24(29)25-2)22(16)26-19-12-11-15(13-20(19)32-3)28-33(4,30)31/h5-13,28H,1-4H3,(H,25,29)(H,26,27). The molecular weight excluding hydrogens is 440 g/mol. The highest BCUT2D eigenvalue weighted by Gasteiger charge is 2.17. The number of methoxy groups -OCH3 is 1. The second-order valence-corrected chi connectivity index (χ2v) is 9.40. The Bertz CT molecular complexity index is 1500. The van der Waals surface area contributed by atoms with Crippen LogP contribution in [-0.4, -0.2) is 39.7 Å². The molecule has 1 amide bonds. The number of para-hydroxylation sites is 2. The number of aryl methyl sites for hydroxylation is 1. The number of hydrogen-bond donors (Lipinski definition) is 3. The minimum atomic E-state index is -3.42. The first kappa shape index (κ1) is 22.3. The van der Waals surface area contributed by atoms with Crippen molar-refractivity contribution in [2.75, 3.05) is 30.5 Å². The van der Waals surface area contributed by atoms with E-state index in [9.17, 15) is 13.2 Å². The molecule has 3 aromatic carbocycles. The third-order valence-electron chi connectivity index (χ3n) is 5.27. The van der Waals surface area contributed by atoms with Crippen LogP contribution in [0.3, 0.4) is 0 Å². The predicted molar refractivity (Wildman–Crippen MR) is 132 cm³/mol. The maximum atomic E-state index is 12.5. The molecule has 4 rings (SSSR count). The summed E-state index contributed by atoms with van der Waals surface area (Å²) in [5.41, 5.74) is 4.60. The van der Waals surface area contributed by atoms with Crippen molar-refractivity contribution >= 4 is 54.8 Å². The van der Waals surface area contributed by atoms with Crippen molar-refractivity contribution in [3.05, 3.63) is 65.7 Å². The number of carbonyl (C=O) groups excluding carboxylic acids is 1. The number of nitrogens with one attached hydrogen (secondary N) is 3. The lowest BCUT2D eigenvalue weighted by molar-refractivity contribution is 0.0964. The van der Waals surface area contributed by atoms with Crippen LogP contribution in [0.4, 0.5) is 17.1 Å². The molecule has 3 N–H and O–H groups in total. The number of rotatable bonds is 6. The topological polar surface area (TPSA) is 109 Å². The van der Waals surface area contributed by atoms with Gasteiger partial charge in [-0.05, 0) is 30.7 Å². The van der Waals surface area contributed by atoms with Crippen molar-refractivity contribution < 1.29 is 17.9 Å². The fraction of sp³-hybridized carbons (Fsp3) is 0.167. The Balaban J connectivity index is 1.95. The van der Waals surface area contributed by atoms with E-state index in [-0.39, 0.29) is 5.91 Å². The number of ether oxygens (including phenoxy) is 1. The van der Waals surface area contributed by atoms with Gasteiger partial charge >= 0.3 is 0 Å². The Morgan fingerprint density at radius 1 is 1.00 bits per heavy atom. The van der Waals surface area contributed by atoms with E-state index in [1.54, 1.807) is 31.3 Å². The number of benzene rings is 3. The van der Waals surface area contributed by atoms with E-state index in [0.29, 0.717) is 28.2 Å². The third kappa shape index (κ3) is 4.40. The van der Waals surface area contributed by atoms with E-state index >= 15 is 0 Å². The van der Waals surface area contributed by atoms with Crippen molar-refractivity contribution in [1.29, 1.82) is 0 Å². The summed E-state index contributed by atoms with van der Waals surface area (Å²) in [6.45, 7) is 1.97. The highest BCUT2D eigenvalue weighted by molar-refractivity contribution is 7.92. The number of amides is 1. The number of pyridine rings is 1. The van der Waals surface area contributed by atoms with Gasteiger partial charge in [-0.1, -0.05) is 30.3 Å². The summed E-state index contributed by atoms with van der Waals surface area (Å²) < 4.78 is 31.2. The van der Waals surface area contributed by atoms with E-state index in [1.807, 2.05) is 37.3 Å². The molecule has 1 aromatic heterocycles. The van der Waals surface area contributed by atoms with Gasteiger partial charge in [-0.25, -0.2) is 13.4 Å². The Labute approximate surface area is 192 Å². The number of hydrogen-bond acceptors (Lipinski definition) is 6. The largest absolute Gasteiger partial charge is 0.494 e. The average Bonchev–Trinajstić information content (AvgIpc) is 2.78. The first-order valence-corrected chi connectivity index (χ1v) is 12.1. The lowest BCUT2D eigenvalue weighted by Gasteiger charge is -2.18. The van der Waals surface area contributed by atoms with Crippen LogP contribution < -0.4 is 20.1 Å². The third-order valence-corrected chi connectivity index (χ3v) is 5.88. The van der Waals surface area contributed by atoms with Crippen LogP contribution >= 0.6 is 0 Å². The number of aromatic nitrogens is 1. The van der Waals surface area contributed by atoms with Crippen LogP contribution in [0.5, 0.6) is 5.75 Å². The summed E-state index contributed by atoms with van der Waals surface area (Å²) >= 11 is 0. The van der Waals surface area contributed by atoms with Gasteiger partial charge in [-0.2, -0.15) is 0 Å². The Hall–Kier alpha value is -3.85. The molecule has 1 heterocycles. The summed E-state index contributed by atoms with van der Waals surface area (Å²) in [5.74, 6) is 0.234. The Morgan fingerprint density at radius 2 is 1.70 bits per heavy atom. The number of anilines is 3. The highest BCUT2D eigenvalue weighted by Crippen LogP contribution is 2.38. The Morgan fingerprint density at radius 3 is 2.36 bits per heavy atom. The van der Waals surface area contributed by atoms with Crippen LogP contribution in [0.2, 0.25) is 0 Å². The molecule has 0 saturated carbocycles. The van der Waals surface area contributed by atoms with Gasteiger partial charge in [-0.3, -0.25) is 9.52 Å². The maximum absolute atomic E-state index is 12.5. The predicted octanol–water partition coefficient (Wildman–Crippen LogP) is 4.18. The van der Waals surface area contributed by atoms with Crippen LogP contribution in [-0.2, 0) is 10.0 Å². The molecule has 33 heavy (non-hydrogen) atoms. The van der Waals surface area contributed by atoms with E-state index < -0.39 is 10.0 Å². The van der Waals surface area contributed by atoms with Gasteiger partial charge in [0.15, 0.2) is 0 Å². The fourth-order valence-corrected chi connectivity index (χ4v) is 4.35. The molecule has 0 fully saturated rings. The van der Waals surface area contributed by atoms with Gasteiger partial charge in [0.05, 0.1) is 47.0 Å². The van der Waals surface area contributed by atoms with Crippen molar-refractivity contribution in [3.8, 4) is 5.75 Å². The van der Waals surface area contributed by atoms with E-state index in [4.69, 9.17) is 9.72 Å². The monoisotopic (exact) mass is 464 g/mol. The molecule has 0 radical (unpaired) electrons. The molecular formula is C24H24N4O4S. The smallest absolute Gasteiger partial charge is 0.253 e. The minimum absolute atomic E-state index is 0.222. The molecule has 0 aliphatic carbocycles. The number of sulfonamides is 1. The van der Waals surface area contributed by atoms with Crippen LogP contribution in [0.15, 0.2) is 54.6 Å². The quantitative estimate of drug-likeness (QED) is 0.369. The second kappa shape index (κ2) is 8.59. The van der Waals surface area contributed by atoms with Gasteiger partial charge in [0.25, 0.3) is 5.91 Å². The molecule has 0 unspecified atom stereocenters. The van der Waals surface area contributed by atoms with Crippen molar-refractivity contribution in [1.82, 2.24) is 10.3 Å². The lowest BCUT2D eigenvalue weighted by Crippen LogP contribution is -2.18. The molecule has 0 aliphatic rings. The fourth-order valence-electron chi connectivity index (χ4n) is 3.79. The zero-order chi connectivity index (χ0) is 23.8. The zero-order valence-corrected chi connectivity index (χ0v) is 19.5. The van der Waals surface area contributed by atoms with Gasteiger partial charge in [0.1, 0.15) is 5.75 Å². The molecule has 0 atom stereocenters. The molecule has 0 saturated heterocycles. The summed E-state index contributed by atoms with van der Waals surface area (Å²) in [7, 11) is -0.322. The van der Waals surface area contributed by atoms with Gasteiger partial charge in [0.2, 0.25) is 10.0 Å². The second-order valence-electron chi connectivity index (χ2n) is 7.65. The molecule has 0 spiro atoms. The van der Waals surface area contributed by atoms with Crippen molar-refractivity contribution in [3.63, 3.8) is 0 Å². The summed E-state index contributed by atoms with van der Waals surface area (Å²) in [6.07, 6.45) is 1.09. The van der Waals surface area contributed by atoms with Crippen molar-refractivity contribution in [2.24, 2.45) is 0 Å². The average molecular weight is 465 g/mol. The van der Waals surface area contributed by atoms with E-state index in [2.05, 4.69) is 15.4 Å². The molecule has 8 nitrogen and oxygen atoms in total. The summed E-state index contributed by atoms with van der Waals surface area (Å²) in [5, 5.41) is 7.77. The molecule has 0 aliphatic heterocycles. The lowest BCUT2D eigenvalue weighted by atomic mass is 10.0. The number of fused-ring (bicyclic) bond motifs is 2. The first-order valence-electron chi connectivity index (χ1n) is 10.2. The molecule has 0 bridgehead atoms. The maximum Gasteiger partial charge on any atom is 0.253 e. The van der Waals surface area contributed by atoms with Crippen LogP contribution in [0, 0.1) is 6.92 Å². The molecule has 9 heteroatoms. The SMILES string of the molecule is CNC(=O)c1cccc2c(Nc3ccc(NS(C)(=O)=O)cc3OC)c3cccc(C)c3nc12. The van der Waals surface area contributed by atoms with Gasteiger partial charge in [-0.15, -0.1) is 0 Å². The van der Waals surface area contributed by atoms with Gasteiger partial charge < -0.3 is 15.4 Å². The Kier molecular flexibility index (Phi) is 5.82. The normalized spacial score (nSPS) is 11.4. The summed E-state index contributed by atoms with van der Waals surface area (Å²) in [6, 6.07) is 16.4. The first-order chi connectivity index (χ1) is 15.7. The number of carbonyl (C=O) groups is 1.